The number of para-hydroxylation sites is 1. The molecule has 1 aromatic carbocycles. The molecule has 0 saturated heterocycles. The number of benzene rings is 1. The zero-order valence-electron chi connectivity index (χ0n) is 8.83. The highest BCUT2D eigenvalue weighted by atomic mass is 32.2. The van der Waals surface area contributed by atoms with Gasteiger partial charge in [0.2, 0.25) is 0 Å². The largest absolute Gasteiger partial charge is 0.354 e. The highest BCUT2D eigenvalue weighted by Crippen LogP contribution is 2.24. The molecule has 0 saturated carbocycles. The Hall–Kier alpha value is -1.92. The minimum atomic E-state index is -2.11. The van der Waals surface area contributed by atoms with Crippen LogP contribution in [0.2, 0.25) is 0 Å². The number of anilines is 3. The van der Waals surface area contributed by atoms with Gasteiger partial charge >= 0.3 is 0 Å². The molecule has 3 N–H and O–H groups in total. The first-order chi connectivity index (χ1) is 8.25. The molecule has 0 bridgehead atoms. The molecule has 0 aliphatic rings. The molecule has 6 heteroatoms. The molecular formula is C11H11N3O2S. The van der Waals surface area contributed by atoms with Crippen LogP contribution < -0.4 is 10.0 Å². The van der Waals surface area contributed by atoms with Gasteiger partial charge in [-0.15, -0.1) is 0 Å². The quantitative estimate of drug-likeness (QED) is 0.727. The van der Waals surface area contributed by atoms with Crippen LogP contribution in [0.3, 0.4) is 0 Å². The second-order valence-corrected chi connectivity index (χ2v) is 3.97. The van der Waals surface area contributed by atoms with E-state index in [1.807, 2.05) is 30.3 Å². The lowest BCUT2D eigenvalue weighted by Gasteiger charge is -2.10. The molecule has 2 aromatic rings. The lowest BCUT2D eigenvalue weighted by molar-refractivity contribution is 0.570. The molecule has 88 valence electrons. The van der Waals surface area contributed by atoms with Gasteiger partial charge in [-0.2, -0.15) is 0 Å². The van der Waals surface area contributed by atoms with Crippen molar-refractivity contribution in [3.8, 4) is 0 Å². The third-order valence-electron chi connectivity index (χ3n) is 2.07. The van der Waals surface area contributed by atoms with E-state index in [2.05, 4.69) is 15.0 Å². The molecule has 1 heterocycles. The van der Waals surface area contributed by atoms with Crippen molar-refractivity contribution in [3.05, 3.63) is 48.8 Å². The normalized spacial score (nSPS) is 11.8. The molecule has 17 heavy (non-hydrogen) atoms. The Balaban J connectivity index is 2.23. The summed E-state index contributed by atoms with van der Waals surface area (Å²) in [6.07, 6.45) is 3.09. The molecular weight excluding hydrogens is 238 g/mol. The minimum absolute atomic E-state index is 0.470. The van der Waals surface area contributed by atoms with Gasteiger partial charge in [-0.1, -0.05) is 18.2 Å². The summed E-state index contributed by atoms with van der Waals surface area (Å²) in [4.78, 5) is 3.89. The van der Waals surface area contributed by atoms with Crippen LogP contribution in [0.15, 0.2) is 48.8 Å². The van der Waals surface area contributed by atoms with Crippen LogP contribution in [-0.2, 0) is 11.3 Å². The van der Waals surface area contributed by atoms with Gasteiger partial charge in [0.25, 0.3) is 11.3 Å². The Morgan fingerprint density at radius 1 is 1.12 bits per heavy atom. The molecule has 0 fully saturated rings. The summed E-state index contributed by atoms with van der Waals surface area (Å²) in [5, 5.41) is 3.13. The summed E-state index contributed by atoms with van der Waals surface area (Å²) in [5.41, 5.74) is 2.05. The van der Waals surface area contributed by atoms with Gasteiger partial charge in [0, 0.05) is 11.9 Å². The van der Waals surface area contributed by atoms with Gasteiger partial charge in [-0.3, -0.25) is 14.3 Å². The third-order valence-corrected chi connectivity index (χ3v) is 2.47. The van der Waals surface area contributed by atoms with E-state index in [0.29, 0.717) is 11.4 Å². The van der Waals surface area contributed by atoms with Crippen molar-refractivity contribution in [3.63, 3.8) is 0 Å². The zero-order chi connectivity index (χ0) is 12.1. The molecule has 0 radical (unpaired) electrons. The summed E-state index contributed by atoms with van der Waals surface area (Å²) in [5.74, 6) is 0. The van der Waals surface area contributed by atoms with Gasteiger partial charge < -0.3 is 5.32 Å². The summed E-state index contributed by atoms with van der Waals surface area (Å²) in [6, 6.07) is 11.3. The first kappa shape index (κ1) is 11.6. The van der Waals surface area contributed by atoms with Crippen LogP contribution in [-0.4, -0.2) is 13.7 Å². The third kappa shape index (κ3) is 3.27. The molecule has 0 amide bonds. The van der Waals surface area contributed by atoms with Crippen LogP contribution in [0, 0.1) is 0 Å². The van der Waals surface area contributed by atoms with Crippen LogP contribution in [0.1, 0.15) is 0 Å². The lowest BCUT2D eigenvalue weighted by atomic mass is 10.3. The van der Waals surface area contributed by atoms with Crippen LogP contribution in [0.4, 0.5) is 17.1 Å². The Labute approximate surface area is 101 Å². The van der Waals surface area contributed by atoms with Crippen molar-refractivity contribution in [2.75, 3.05) is 10.0 Å². The number of pyridine rings is 1. The molecule has 1 unspecified atom stereocenters. The van der Waals surface area contributed by atoms with Crippen LogP contribution in [0.5, 0.6) is 0 Å². The van der Waals surface area contributed by atoms with E-state index in [9.17, 15) is 4.21 Å². The molecule has 0 aliphatic heterocycles. The van der Waals surface area contributed by atoms with Crippen molar-refractivity contribution in [2.45, 2.75) is 0 Å². The maximum Gasteiger partial charge on any atom is 0.259 e. The lowest BCUT2D eigenvalue weighted by Crippen LogP contribution is -2.05. The number of nitrogens with one attached hydrogen (secondary N) is 2. The Bertz CT molecular complexity index is 519. The van der Waals surface area contributed by atoms with Crippen LogP contribution in [0.25, 0.3) is 0 Å². The molecule has 1 aromatic heterocycles. The van der Waals surface area contributed by atoms with Gasteiger partial charge in [0.15, 0.2) is 0 Å². The van der Waals surface area contributed by atoms with E-state index < -0.39 is 11.3 Å². The average molecular weight is 249 g/mol. The van der Waals surface area contributed by atoms with E-state index >= 15 is 0 Å². The predicted molar refractivity (Wildman–Crippen MR) is 68.4 cm³/mol. The maximum atomic E-state index is 10.7. The summed E-state index contributed by atoms with van der Waals surface area (Å²) >= 11 is -2.11. The maximum absolute atomic E-state index is 10.7. The van der Waals surface area contributed by atoms with Crippen molar-refractivity contribution >= 4 is 28.3 Å². The fourth-order valence-corrected chi connectivity index (χ4v) is 1.71. The smallest absolute Gasteiger partial charge is 0.259 e. The number of nitrogens with zero attached hydrogens (tertiary/aromatic N) is 1. The highest BCUT2D eigenvalue weighted by Gasteiger charge is 2.04. The monoisotopic (exact) mass is 249 g/mol. The molecule has 2 rings (SSSR count). The number of rotatable bonds is 4. The highest BCUT2D eigenvalue weighted by molar-refractivity contribution is 7.80. The topological polar surface area (TPSA) is 74.2 Å². The number of hydrogen-bond acceptors (Lipinski definition) is 3. The van der Waals surface area contributed by atoms with Crippen molar-refractivity contribution in [2.24, 2.45) is 0 Å². The van der Waals surface area contributed by atoms with Crippen LogP contribution >= 0.6 is 0 Å². The fourth-order valence-electron chi connectivity index (χ4n) is 1.36. The van der Waals surface area contributed by atoms with Gasteiger partial charge in [0.05, 0.1) is 17.6 Å². The molecule has 0 aliphatic carbocycles. The van der Waals surface area contributed by atoms with E-state index in [4.69, 9.17) is 4.55 Å². The van der Waals surface area contributed by atoms with Crippen molar-refractivity contribution in [1.82, 2.24) is 4.98 Å². The minimum Gasteiger partial charge on any atom is -0.354 e. The average Bonchev–Trinajstić information content (AvgIpc) is 2.32. The van der Waals surface area contributed by atoms with E-state index in [1.165, 1.54) is 6.20 Å². The molecule has 5 nitrogen and oxygen atoms in total. The van der Waals surface area contributed by atoms with Gasteiger partial charge in [-0.25, -0.2) is 4.21 Å². The van der Waals surface area contributed by atoms with Gasteiger partial charge in [-0.05, 0) is 18.2 Å². The first-order valence-corrected chi connectivity index (χ1v) is 6.00. The summed E-state index contributed by atoms with van der Waals surface area (Å²) < 4.78 is 21.9. The molecule has 0 spiro atoms. The first-order valence-electron chi connectivity index (χ1n) is 4.89. The Morgan fingerprint density at radius 3 is 2.59 bits per heavy atom. The zero-order valence-corrected chi connectivity index (χ0v) is 9.65. The molecule has 1 atom stereocenters. The Morgan fingerprint density at radius 2 is 1.88 bits per heavy atom. The fraction of sp³-hybridized carbons (Fsp3) is 0. The van der Waals surface area contributed by atoms with E-state index in [-0.39, 0.29) is 0 Å². The number of aromatic nitrogens is 1. The summed E-state index contributed by atoms with van der Waals surface area (Å²) in [7, 11) is 0. The van der Waals surface area contributed by atoms with E-state index in [0.717, 1.165) is 5.69 Å². The SMILES string of the molecule is O=S(O)Nc1cnccc1Nc1ccccc1. The number of hydrogen-bond donors (Lipinski definition) is 3. The van der Waals surface area contributed by atoms with Gasteiger partial charge in [0.1, 0.15) is 0 Å². The second kappa shape index (κ2) is 5.42. The predicted octanol–water partition coefficient (Wildman–Crippen LogP) is 2.37. The summed E-state index contributed by atoms with van der Waals surface area (Å²) in [6.45, 7) is 0. The second-order valence-electron chi connectivity index (χ2n) is 3.26. The van der Waals surface area contributed by atoms with Crippen molar-refractivity contribution in [1.29, 1.82) is 0 Å². The van der Waals surface area contributed by atoms with E-state index in [1.54, 1.807) is 12.3 Å². The standard InChI is InChI=1S/C11H11N3O2S/c15-17(16)14-11-8-12-7-6-10(11)13-9-4-2-1-3-5-9/h1-8,14H,(H,12,13)(H,15,16). The Kier molecular flexibility index (Phi) is 3.69. The van der Waals surface area contributed by atoms with Crippen molar-refractivity contribution < 1.29 is 8.76 Å².